The maximum atomic E-state index is 12.6. The lowest BCUT2D eigenvalue weighted by Gasteiger charge is -2.26. The van der Waals surface area contributed by atoms with E-state index in [2.05, 4.69) is 5.32 Å². The van der Waals surface area contributed by atoms with Gasteiger partial charge in [-0.2, -0.15) is 4.31 Å². The van der Waals surface area contributed by atoms with Crippen LogP contribution in [0.15, 0.2) is 59.5 Å². The van der Waals surface area contributed by atoms with Crippen molar-refractivity contribution in [2.45, 2.75) is 4.90 Å². The van der Waals surface area contributed by atoms with E-state index >= 15 is 0 Å². The Morgan fingerprint density at radius 3 is 2.48 bits per heavy atom. The van der Waals surface area contributed by atoms with Crippen molar-refractivity contribution in [3.8, 4) is 0 Å². The Kier molecular flexibility index (Phi) is 6.37. The number of carbonyl (C=O) groups is 1. The van der Waals surface area contributed by atoms with Gasteiger partial charge in [-0.15, -0.1) is 0 Å². The van der Waals surface area contributed by atoms with E-state index in [1.807, 2.05) is 0 Å². The third-order valence-corrected chi connectivity index (χ3v) is 6.15. The Morgan fingerprint density at radius 1 is 1.14 bits per heavy atom. The third-order valence-electron chi connectivity index (χ3n) is 4.24. The molecule has 0 radical (unpaired) electrons. The standard InChI is InChI=1S/C19H19N3O6S/c23-19(20-16-2-1-3-17(14-16)22(24)25)9-6-15-4-7-18(8-5-15)29(26,27)21-10-12-28-13-11-21/h1-9,14H,10-13H2,(H,20,23)/b9-6-. The number of nitrogens with one attached hydrogen (secondary N) is 1. The fourth-order valence-corrected chi connectivity index (χ4v) is 4.15. The third kappa shape index (κ3) is 5.25. The summed E-state index contributed by atoms with van der Waals surface area (Å²) >= 11 is 0. The number of non-ortho nitro benzene ring substituents is 1. The molecular formula is C19H19N3O6S. The molecule has 0 bridgehead atoms. The van der Waals surface area contributed by atoms with Crippen molar-refractivity contribution >= 4 is 33.4 Å². The Balaban J connectivity index is 1.64. The van der Waals surface area contributed by atoms with Crippen LogP contribution in [0.4, 0.5) is 11.4 Å². The number of carbonyl (C=O) groups excluding carboxylic acids is 1. The van der Waals surface area contributed by atoms with E-state index in [4.69, 9.17) is 4.74 Å². The van der Waals surface area contributed by atoms with Crippen LogP contribution in [0.1, 0.15) is 5.56 Å². The van der Waals surface area contributed by atoms with Crippen LogP contribution in [-0.2, 0) is 19.6 Å². The molecule has 9 nitrogen and oxygen atoms in total. The molecule has 0 aromatic heterocycles. The molecule has 3 rings (SSSR count). The van der Waals surface area contributed by atoms with Crippen LogP contribution in [0.2, 0.25) is 0 Å². The number of rotatable bonds is 6. The van der Waals surface area contributed by atoms with Crippen molar-refractivity contribution in [2.24, 2.45) is 0 Å². The second kappa shape index (κ2) is 8.95. The number of benzene rings is 2. The highest BCUT2D eigenvalue weighted by atomic mass is 32.2. The largest absolute Gasteiger partial charge is 0.379 e. The first kappa shape index (κ1) is 20.6. The number of nitrogens with zero attached hydrogens (tertiary/aromatic N) is 2. The van der Waals surface area contributed by atoms with Crippen LogP contribution >= 0.6 is 0 Å². The molecule has 1 aliphatic rings. The first-order valence-electron chi connectivity index (χ1n) is 8.78. The van der Waals surface area contributed by atoms with Crippen LogP contribution in [0.25, 0.3) is 6.08 Å². The first-order chi connectivity index (χ1) is 13.9. The van der Waals surface area contributed by atoms with E-state index in [0.29, 0.717) is 37.6 Å². The lowest BCUT2D eigenvalue weighted by molar-refractivity contribution is -0.384. The fourth-order valence-electron chi connectivity index (χ4n) is 2.74. The summed E-state index contributed by atoms with van der Waals surface area (Å²) in [5.74, 6) is -0.462. The molecule has 1 saturated heterocycles. The van der Waals surface area contributed by atoms with Gasteiger partial charge in [0, 0.05) is 37.0 Å². The molecule has 2 aromatic carbocycles. The Bertz CT molecular complexity index is 1030. The zero-order chi connectivity index (χ0) is 20.9. The van der Waals surface area contributed by atoms with E-state index in [9.17, 15) is 23.3 Å². The van der Waals surface area contributed by atoms with Crippen LogP contribution in [0.5, 0.6) is 0 Å². The van der Waals surface area contributed by atoms with E-state index in [1.54, 1.807) is 18.2 Å². The number of anilines is 1. The molecule has 1 amide bonds. The molecule has 1 N–H and O–H groups in total. The summed E-state index contributed by atoms with van der Waals surface area (Å²) in [7, 11) is -3.57. The molecule has 1 fully saturated rings. The molecule has 0 saturated carbocycles. The van der Waals surface area contributed by atoms with Crippen molar-refractivity contribution in [3.63, 3.8) is 0 Å². The van der Waals surface area contributed by atoms with Gasteiger partial charge in [0.2, 0.25) is 15.9 Å². The molecule has 10 heteroatoms. The number of ether oxygens (including phenoxy) is 1. The molecule has 1 aliphatic heterocycles. The number of hydrogen-bond donors (Lipinski definition) is 1. The monoisotopic (exact) mass is 417 g/mol. The molecule has 0 unspecified atom stereocenters. The minimum absolute atomic E-state index is 0.121. The van der Waals surface area contributed by atoms with Gasteiger partial charge in [-0.1, -0.05) is 18.2 Å². The fraction of sp³-hybridized carbons (Fsp3) is 0.211. The zero-order valence-electron chi connectivity index (χ0n) is 15.4. The Labute approximate surface area is 167 Å². The normalized spacial score (nSPS) is 15.3. The van der Waals surface area contributed by atoms with Crippen molar-refractivity contribution in [3.05, 3.63) is 70.3 Å². The van der Waals surface area contributed by atoms with Gasteiger partial charge in [-0.05, 0) is 29.8 Å². The summed E-state index contributed by atoms with van der Waals surface area (Å²) < 4.78 is 31.7. The summed E-state index contributed by atoms with van der Waals surface area (Å²) in [5, 5.41) is 13.3. The highest BCUT2D eigenvalue weighted by Gasteiger charge is 2.25. The van der Waals surface area contributed by atoms with E-state index in [-0.39, 0.29) is 10.6 Å². The van der Waals surface area contributed by atoms with Crippen LogP contribution < -0.4 is 5.32 Å². The van der Waals surface area contributed by atoms with Crippen LogP contribution in [0, 0.1) is 10.1 Å². The van der Waals surface area contributed by atoms with Gasteiger partial charge in [0.15, 0.2) is 0 Å². The van der Waals surface area contributed by atoms with E-state index in [1.165, 1.54) is 46.8 Å². The maximum Gasteiger partial charge on any atom is 0.271 e. The topological polar surface area (TPSA) is 119 Å². The summed E-state index contributed by atoms with van der Waals surface area (Å²) in [6, 6.07) is 11.8. The lowest BCUT2D eigenvalue weighted by atomic mass is 10.2. The highest BCUT2D eigenvalue weighted by molar-refractivity contribution is 7.89. The number of hydrogen-bond acceptors (Lipinski definition) is 6. The van der Waals surface area contributed by atoms with Crippen LogP contribution in [-0.4, -0.2) is 49.9 Å². The maximum absolute atomic E-state index is 12.6. The smallest absolute Gasteiger partial charge is 0.271 e. The van der Waals surface area contributed by atoms with Gasteiger partial charge >= 0.3 is 0 Å². The molecule has 0 atom stereocenters. The zero-order valence-corrected chi connectivity index (χ0v) is 16.2. The first-order valence-corrected chi connectivity index (χ1v) is 10.2. The predicted molar refractivity (Wildman–Crippen MR) is 107 cm³/mol. The minimum Gasteiger partial charge on any atom is -0.379 e. The van der Waals surface area contributed by atoms with Gasteiger partial charge in [0.25, 0.3) is 5.69 Å². The number of morpholine rings is 1. The second-order valence-corrected chi connectivity index (χ2v) is 8.15. The quantitative estimate of drug-likeness (QED) is 0.437. The van der Waals surface area contributed by atoms with Gasteiger partial charge < -0.3 is 10.1 Å². The predicted octanol–water partition coefficient (Wildman–Crippen LogP) is 2.27. The number of amides is 1. The average molecular weight is 417 g/mol. The van der Waals surface area contributed by atoms with Gasteiger partial charge in [0.1, 0.15) is 0 Å². The van der Waals surface area contributed by atoms with Crippen molar-refractivity contribution in [1.82, 2.24) is 4.31 Å². The second-order valence-electron chi connectivity index (χ2n) is 6.22. The molecule has 29 heavy (non-hydrogen) atoms. The van der Waals surface area contributed by atoms with Gasteiger partial charge in [0.05, 0.1) is 23.0 Å². The highest BCUT2D eigenvalue weighted by Crippen LogP contribution is 2.19. The Morgan fingerprint density at radius 2 is 1.83 bits per heavy atom. The summed E-state index contributed by atoms with van der Waals surface area (Å²) in [6.07, 6.45) is 2.79. The van der Waals surface area contributed by atoms with Crippen molar-refractivity contribution < 1.29 is 22.9 Å². The molecule has 1 heterocycles. The van der Waals surface area contributed by atoms with Gasteiger partial charge in [-0.3, -0.25) is 14.9 Å². The molecule has 0 spiro atoms. The van der Waals surface area contributed by atoms with Crippen molar-refractivity contribution in [1.29, 1.82) is 0 Å². The van der Waals surface area contributed by atoms with Gasteiger partial charge in [-0.25, -0.2) is 8.42 Å². The summed E-state index contributed by atoms with van der Waals surface area (Å²) in [5.41, 5.74) is 0.824. The van der Waals surface area contributed by atoms with E-state index in [0.717, 1.165) is 0 Å². The van der Waals surface area contributed by atoms with Crippen LogP contribution in [0.3, 0.4) is 0 Å². The lowest BCUT2D eigenvalue weighted by Crippen LogP contribution is -2.40. The minimum atomic E-state index is -3.57. The molecular weight excluding hydrogens is 398 g/mol. The van der Waals surface area contributed by atoms with E-state index < -0.39 is 20.9 Å². The number of sulfonamides is 1. The van der Waals surface area contributed by atoms with Crippen molar-refractivity contribution in [2.75, 3.05) is 31.6 Å². The molecule has 2 aromatic rings. The molecule has 0 aliphatic carbocycles. The number of nitro benzene ring substituents is 1. The number of nitro groups is 1. The SMILES string of the molecule is O=C(/C=C\c1ccc(S(=O)(=O)N2CCOCC2)cc1)Nc1cccc([N+](=O)[O-])c1. The average Bonchev–Trinajstić information content (AvgIpc) is 2.73. The summed E-state index contributed by atoms with van der Waals surface area (Å²) in [4.78, 5) is 22.4. The molecule has 152 valence electrons. The summed E-state index contributed by atoms with van der Waals surface area (Å²) in [6.45, 7) is 1.39. The Hall–Kier alpha value is -3.08.